The molecular formula is C18H18N4O. The Morgan fingerprint density at radius 2 is 2.22 bits per heavy atom. The first-order valence-corrected chi connectivity index (χ1v) is 7.65. The summed E-state index contributed by atoms with van der Waals surface area (Å²) >= 11 is 0. The van der Waals surface area contributed by atoms with Gasteiger partial charge in [-0.15, -0.1) is 0 Å². The molecule has 0 atom stereocenters. The van der Waals surface area contributed by atoms with E-state index in [1.165, 1.54) is 0 Å². The molecule has 1 heterocycles. The van der Waals surface area contributed by atoms with Gasteiger partial charge in [0.1, 0.15) is 0 Å². The fourth-order valence-corrected chi connectivity index (χ4v) is 2.43. The number of hydrogen-bond donors (Lipinski definition) is 1. The molecule has 1 aromatic heterocycles. The Labute approximate surface area is 135 Å². The fraction of sp³-hybridized carbons (Fsp3) is 0.278. The van der Waals surface area contributed by atoms with Gasteiger partial charge < -0.3 is 10.2 Å². The predicted octanol–water partition coefficient (Wildman–Crippen LogP) is 3.46. The monoisotopic (exact) mass is 306 g/mol. The van der Waals surface area contributed by atoms with Crippen LogP contribution in [0.25, 0.3) is 0 Å². The van der Waals surface area contributed by atoms with Gasteiger partial charge in [-0.2, -0.15) is 5.26 Å². The maximum Gasteiger partial charge on any atom is 0.322 e. The van der Waals surface area contributed by atoms with E-state index in [4.69, 9.17) is 5.26 Å². The van der Waals surface area contributed by atoms with E-state index in [1.54, 1.807) is 18.3 Å². The van der Waals surface area contributed by atoms with Crippen molar-refractivity contribution in [2.24, 2.45) is 0 Å². The quantitative estimate of drug-likeness (QED) is 0.940. The summed E-state index contributed by atoms with van der Waals surface area (Å²) in [6.45, 7) is 2.41. The van der Waals surface area contributed by atoms with Crippen molar-refractivity contribution in [1.82, 2.24) is 9.88 Å². The van der Waals surface area contributed by atoms with E-state index in [-0.39, 0.29) is 12.1 Å². The molecule has 1 N–H and O–H groups in total. The molecule has 1 saturated carbocycles. The molecule has 0 unspecified atom stereocenters. The second kappa shape index (κ2) is 6.49. The third-order valence-corrected chi connectivity index (χ3v) is 3.92. The number of pyridine rings is 1. The smallest absolute Gasteiger partial charge is 0.316 e. The van der Waals surface area contributed by atoms with Crippen LogP contribution < -0.4 is 5.32 Å². The van der Waals surface area contributed by atoms with Crippen LogP contribution in [-0.4, -0.2) is 22.0 Å². The second-order valence-corrected chi connectivity index (χ2v) is 5.75. The third-order valence-electron chi connectivity index (χ3n) is 3.92. The van der Waals surface area contributed by atoms with Crippen molar-refractivity contribution >= 4 is 11.7 Å². The molecule has 1 aliphatic carbocycles. The molecule has 1 aliphatic rings. The van der Waals surface area contributed by atoms with Crippen molar-refractivity contribution in [1.29, 1.82) is 5.26 Å². The van der Waals surface area contributed by atoms with Gasteiger partial charge >= 0.3 is 6.03 Å². The minimum absolute atomic E-state index is 0.142. The topological polar surface area (TPSA) is 69.0 Å². The van der Waals surface area contributed by atoms with Gasteiger partial charge in [0.25, 0.3) is 0 Å². The maximum absolute atomic E-state index is 12.7. The van der Waals surface area contributed by atoms with Gasteiger partial charge in [0.15, 0.2) is 0 Å². The van der Waals surface area contributed by atoms with Crippen LogP contribution in [-0.2, 0) is 6.54 Å². The average Bonchev–Trinajstić information content (AvgIpc) is 3.40. The number of benzene rings is 1. The predicted molar refractivity (Wildman–Crippen MR) is 87.7 cm³/mol. The van der Waals surface area contributed by atoms with E-state index >= 15 is 0 Å². The van der Waals surface area contributed by atoms with Gasteiger partial charge in [0, 0.05) is 17.9 Å². The zero-order valence-corrected chi connectivity index (χ0v) is 13.0. The maximum atomic E-state index is 12.7. The summed E-state index contributed by atoms with van der Waals surface area (Å²) in [5.74, 6) is 0. The Hall–Kier alpha value is -2.87. The average molecular weight is 306 g/mol. The van der Waals surface area contributed by atoms with E-state index < -0.39 is 0 Å². The van der Waals surface area contributed by atoms with Crippen LogP contribution in [0.15, 0.2) is 42.6 Å². The van der Waals surface area contributed by atoms with E-state index in [0.717, 1.165) is 24.1 Å². The highest BCUT2D eigenvalue weighted by Gasteiger charge is 2.33. The zero-order chi connectivity index (χ0) is 16.2. The van der Waals surface area contributed by atoms with Crippen LogP contribution in [0.5, 0.6) is 0 Å². The number of carbonyl (C=O) groups is 1. The third kappa shape index (κ3) is 3.67. The van der Waals surface area contributed by atoms with Crippen LogP contribution in [0.4, 0.5) is 10.5 Å². The van der Waals surface area contributed by atoms with Gasteiger partial charge in [-0.25, -0.2) is 4.79 Å². The number of nitrogens with zero attached hydrogens (tertiary/aromatic N) is 3. The van der Waals surface area contributed by atoms with Crippen LogP contribution in [0.3, 0.4) is 0 Å². The number of carbonyl (C=O) groups excluding carboxylic acids is 1. The molecule has 2 amide bonds. The van der Waals surface area contributed by atoms with Crippen LogP contribution >= 0.6 is 0 Å². The number of nitriles is 1. The van der Waals surface area contributed by atoms with Crippen molar-refractivity contribution in [3.8, 4) is 6.07 Å². The number of aromatic nitrogens is 1. The molecule has 5 nitrogen and oxygen atoms in total. The molecule has 116 valence electrons. The molecule has 5 heteroatoms. The van der Waals surface area contributed by atoms with Crippen LogP contribution in [0.1, 0.15) is 29.7 Å². The lowest BCUT2D eigenvalue weighted by Crippen LogP contribution is -2.36. The first kappa shape index (κ1) is 15.0. The van der Waals surface area contributed by atoms with Crippen molar-refractivity contribution in [2.45, 2.75) is 32.4 Å². The van der Waals surface area contributed by atoms with Gasteiger partial charge in [0.2, 0.25) is 0 Å². The normalized spacial score (nSPS) is 13.2. The summed E-state index contributed by atoms with van der Waals surface area (Å²) < 4.78 is 0. The Morgan fingerprint density at radius 1 is 1.39 bits per heavy atom. The van der Waals surface area contributed by atoms with Gasteiger partial charge in [-0.1, -0.05) is 12.1 Å². The summed E-state index contributed by atoms with van der Waals surface area (Å²) in [5, 5.41) is 11.9. The number of amides is 2. The summed E-state index contributed by atoms with van der Waals surface area (Å²) in [6.07, 6.45) is 3.79. The Morgan fingerprint density at radius 3 is 2.87 bits per heavy atom. The molecule has 2 aromatic rings. The summed E-state index contributed by atoms with van der Waals surface area (Å²) in [6, 6.07) is 13.2. The first-order chi connectivity index (χ1) is 11.2. The van der Waals surface area contributed by atoms with Gasteiger partial charge in [0.05, 0.1) is 23.9 Å². The minimum atomic E-state index is -0.142. The lowest BCUT2D eigenvalue weighted by Gasteiger charge is -2.23. The van der Waals surface area contributed by atoms with Gasteiger partial charge in [-0.05, 0) is 49.6 Å². The summed E-state index contributed by atoms with van der Waals surface area (Å²) in [7, 11) is 0. The first-order valence-electron chi connectivity index (χ1n) is 7.65. The molecule has 23 heavy (non-hydrogen) atoms. The van der Waals surface area contributed by atoms with Gasteiger partial charge in [-0.3, -0.25) is 4.98 Å². The Balaban J connectivity index is 1.76. The van der Waals surface area contributed by atoms with E-state index in [0.29, 0.717) is 17.8 Å². The zero-order valence-electron chi connectivity index (χ0n) is 13.0. The van der Waals surface area contributed by atoms with Crippen molar-refractivity contribution in [2.75, 3.05) is 5.32 Å². The summed E-state index contributed by atoms with van der Waals surface area (Å²) in [4.78, 5) is 18.8. The fourth-order valence-electron chi connectivity index (χ4n) is 2.43. The molecule has 0 saturated heterocycles. The molecule has 0 aliphatic heterocycles. The molecule has 0 bridgehead atoms. The molecule has 1 aromatic carbocycles. The van der Waals surface area contributed by atoms with Crippen LogP contribution in [0, 0.1) is 18.3 Å². The SMILES string of the molecule is Cc1ccc(C#N)cc1NC(=O)N(Cc1ccccn1)C1CC1. The van der Waals surface area contributed by atoms with E-state index in [2.05, 4.69) is 16.4 Å². The number of hydrogen-bond acceptors (Lipinski definition) is 3. The highest BCUT2D eigenvalue weighted by Crippen LogP contribution is 2.29. The molecule has 3 rings (SSSR count). The standard InChI is InChI=1S/C18H18N4O/c1-13-5-6-14(11-19)10-17(13)21-18(23)22(16-7-8-16)12-15-4-2-3-9-20-15/h2-6,9-10,16H,7-8,12H2,1H3,(H,21,23). The highest BCUT2D eigenvalue weighted by atomic mass is 16.2. The van der Waals surface area contributed by atoms with E-state index in [1.807, 2.05) is 36.1 Å². The molecule has 1 fully saturated rings. The number of nitrogens with one attached hydrogen (secondary N) is 1. The number of aryl methyl sites for hydroxylation is 1. The number of anilines is 1. The van der Waals surface area contributed by atoms with Crippen molar-refractivity contribution in [3.63, 3.8) is 0 Å². The number of urea groups is 1. The Bertz CT molecular complexity index is 747. The highest BCUT2D eigenvalue weighted by molar-refractivity contribution is 5.90. The van der Waals surface area contributed by atoms with Crippen molar-refractivity contribution in [3.05, 3.63) is 59.4 Å². The second-order valence-electron chi connectivity index (χ2n) is 5.75. The lowest BCUT2D eigenvalue weighted by molar-refractivity contribution is 0.205. The lowest BCUT2D eigenvalue weighted by atomic mass is 10.1. The summed E-state index contributed by atoms with van der Waals surface area (Å²) in [5.41, 5.74) is 3.03. The largest absolute Gasteiger partial charge is 0.322 e. The molecule has 0 radical (unpaired) electrons. The minimum Gasteiger partial charge on any atom is -0.316 e. The molecular weight excluding hydrogens is 288 g/mol. The Kier molecular flexibility index (Phi) is 4.24. The van der Waals surface area contributed by atoms with Crippen molar-refractivity contribution < 1.29 is 4.79 Å². The van der Waals surface area contributed by atoms with Crippen LogP contribution in [0.2, 0.25) is 0 Å². The molecule has 0 spiro atoms. The number of rotatable bonds is 4. The van der Waals surface area contributed by atoms with E-state index in [9.17, 15) is 4.79 Å².